The Morgan fingerprint density at radius 2 is 2.06 bits per heavy atom. The minimum atomic E-state index is 0.153. The van der Waals surface area contributed by atoms with Crippen LogP contribution in [0.4, 0.5) is 0 Å². The minimum Gasteiger partial charge on any atom is -0.395 e. The van der Waals surface area contributed by atoms with Gasteiger partial charge in [0.2, 0.25) is 0 Å². The molecule has 3 nitrogen and oxygen atoms in total. The Labute approximate surface area is 109 Å². The standard InChI is InChI=1S/C15H23NO2/c1-2-18-15-9-13(10-15)16-14(11-17)8-12-6-4-3-5-7-12/h3-7,13-17H,2,8-11H2,1H3/t13?,14-,15?/m1/s1. The molecule has 1 aliphatic carbocycles. The molecular weight excluding hydrogens is 226 g/mol. The van der Waals surface area contributed by atoms with Crippen molar-refractivity contribution in [2.24, 2.45) is 0 Å². The monoisotopic (exact) mass is 249 g/mol. The number of rotatable bonds is 7. The van der Waals surface area contributed by atoms with Crippen molar-refractivity contribution in [3.63, 3.8) is 0 Å². The van der Waals surface area contributed by atoms with Crippen molar-refractivity contribution in [1.29, 1.82) is 0 Å². The Morgan fingerprint density at radius 3 is 2.67 bits per heavy atom. The molecule has 2 rings (SSSR count). The summed E-state index contributed by atoms with van der Waals surface area (Å²) in [5.74, 6) is 0. The second-order valence-electron chi connectivity index (χ2n) is 4.98. The predicted octanol–water partition coefficient (Wildman–Crippen LogP) is 1.75. The van der Waals surface area contributed by atoms with Gasteiger partial charge in [-0.05, 0) is 31.7 Å². The molecule has 0 saturated heterocycles. The molecule has 0 bridgehead atoms. The molecule has 0 spiro atoms. The van der Waals surface area contributed by atoms with E-state index in [2.05, 4.69) is 17.4 Å². The second kappa shape index (κ2) is 6.88. The third-order valence-corrected chi connectivity index (χ3v) is 3.51. The maximum Gasteiger partial charge on any atom is 0.0604 e. The second-order valence-corrected chi connectivity index (χ2v) is 4.98. The van der Waals surface area contributed by atoms with E-state index in [1.54, 1.807) is 0 Å². The zero-order valence-corrected chi connectivity index (χ0v) is 11.0. The van der Waals surface area contributed by atoms with Crippen LogP contribution in [0.2, 0.25) is 0 Å². The van der Waals surface area contributed by atoms with Crippen LogP contribution in [-0.4, -0.2) is 36.5 Å². The number of ether oxygens (including phenoxy) is 1. The average molecular weight is 249 g/mol. The van der Waals surface area contributed by atoms with Crippen LogP contribution in [0, 0.1) is 0 Å². The van der Waals surface area contributed by atoms with Crippen LogP contribution in [-0.2, 0) is 11.2 Å². The maximum atomic E-state index is 9.43. The lowest BCUT2D eigenvalue weighted by Crippen LogP contribution is -2.51. The maximum absolute atomic E-state index is 9.43. The number of nitrogens with one attached hydrogen (secondary N) is 1. The lowest BCUT2D eigenvalue weighted by atomic mass is 9.88. The van der Waals surface area contributed by atoms with E-state index in [0.29, 0.717) is 12.1 Å². The number of benzene rings is 1. The molecule has 1 aromatic carbocycles. The molecule has 3 heteroatoms. The molecule has 1 aliphatic rings. The first kappa shape index (κ1) is 13.5. The summed E-state index contributed by atoms with van der Waals surface area (Å²) in [5.41, 5.74) is 1.27. The van der Waals surface area contributed by atoms with Crippen molar-refractivity contribution in [1.82, 2.24) is 5.32 Å². The van der Waals surface area contributed by atoms with Crippen LogP contribution in [0.25, 0.3) is 0 Å². The Balaban J connectivity index is 1.74. The van der Waals surface area contributed by atoms with Gasteiger partial charge in [-0.2, -0.15) is 0 Å². The van der Waals surface area contributed by atoms with E-state index in [0.717, 1.165) is 25.9 Å². The first-order valence-corrected chi connectivity index (χ1v) is 6.84. The molecular formula is C15H23NO2. The first-order chi connectivity index (χ1) is 8.81. The fraction of sp³-hybridized carbons (Fsp3) is 0.600. The van der Waals surface area contributed by atoms with Gasteiger partial charge in [0.25, 0.3) is 0 Å². The normalized spacial score (nSPS) is 24.6. The molecule has 0 radical (unpaired) electrons. The fourth-order valence-corrected chi connectivity index (χ4v) is 2.48. The molecule has 0 amide bonds. The first-order valence-electron chi connectivity index (χ1n) is 6.84. The van der Waals surface area contributed by atoms with E-state index in [9.17, 15) is 5.11 Å². The highest BCUT2D eigenvalue weighted by molar-refractivity contribution is 5.16. The van der Waals surface area contributed by atoms with Crippen LogP contribution in [0.5, 0.6) is 0 Å². The molecule has 0 aromatic heterocycles. The summed E-state index contributed by atoms with van der Waals surface area (Å²) in [7, 11) is 0. The van der Waals surface area contributed by atoms with E-state index in [1.807, 2.05) is 25.1 Å². The van der Waals surface area contributed by atoms with Gasteiger partial charge in [0.15, 0.2) is 0 Å². The Kier molecular flexibility index (Phi) is 5.17. The molecule has 1 fully saturated rings. The van der Waals surface area contributed by atoms with E-state index in [4.69, 9.17) is 4.74 Å². The third-order valence-electron chi connectivity index (χ3n) is 3.51. The quantitative estimate of drug-likeness (QED) is 0.773. The van der Waals surface area contributed by atoms with E-state index >= 15 is 0 Å². The molecule has 0 heterocycles. The highest BCUT2D eigenvalue weighted by Gasteiger charge is 2.30. The summed E-state index contributed by atoms with van der Waals surface area (Å²) in [6, 6.07) is 11.0. The number of aliphatic hydroxyl groups is 1. The minimum absolute atomic E-state index is 0.153. The summed E-state index contributed by atoms with van der Waals surface area (Å²) in [6.07, 6.45) is 3.44. The summed E-state index contributed by atoms with van der Waals surface area (Å²) in [4.78, 5) is 0. The van der Waals surface area contributed by atoms with Crippen molar-refractivity contribution >= 4 is 0 Å². The van der Waals surface area contributed by atoms with Gasteiger partial charge in [-0.25, -0.2) is 0 Å². The predicted molar refractivity (Wildman–Crippen MR) is 72.6 cm³/mol. The molecule has 100 valence electrons. The number of hydrogen-bond donors (Lipinski definition) is 2. The fourth-order valence-electron chi connectivity index (χ4n) is 2.48. The number of hydrogen-bond acceptors (Lipinski definition) is 3. The summed E-state index contributed by atoms with van der Waals surface area (Å²) in [6.45, 7) is 3.02. The van der Waals surface area contributed by atoms with Crippen molar-refractivity contribution in [2.45, 2.75) is 44.4 Å². The molecule has 0 aliphatic heterocycles. The van der Waals surface area contributed by atoms with E-state index in [1.165, 1.54) is 5.56 Å². The zero-order chi connectivity index (χ0) is 12.8. The molecule has 1 aromatic rings. The van der Waals surface area contributed by atoms with Gasteiger partial charge in [0.1, 0.15) is 0 Å². The van der Waals surface area contributed by atoms with Crippen LogP contribution in [0.15, 0.2) is 30.3 Å². The highest BCUT2D eigenvalue weighted by Crippen LogP contribution is 2.23. The third kappa shape index (κ3) is 3.80. The molecule has 1 atom stereocenters. The van der Waals surface area contributed by atoms with Crippen molar-refractivity contribution in [2.75, 3.05) is 13.2 Å². The zero-order valence-electron chi connectivity index (χ0n) is 11.0. The van der Waals surface area contributed by atoms with E-state index < -0.39 is 0 Å². The van der Waals surface area contributed by atoms with Gasteiger partial charge in [-0.1, -0.05) is 30.3 Å². The lowest BCUT2D eigenvalue weighted by Gasteiger charge is -2.37. The van der Waals surface area contributed by atoms with Crippen molar-refractivity contribution in [3.8, 4) is 0 Å². The number of aliphatic hydroxyl groups excluding tert-OH is 1. The molecule has 18 heavy (non-hydrogen) atoms. The van der Waals surface area contributed by atoms with Gasteiger partial charge in [-0.15, -0.1) is 0 Å². The van der Waals surface area contributed by atoms with Crippen LogP contribution < -0.4 is 5.32 Å². The summed E-state index contributed by atoms with van der Waals surface area (Å²) in [5, 5.41) is 12.9. The van der Waals surface area contributed by atoms with Crippen LogP contribution >= 0.6 is 0 Å². The molecule has 0 unspecified atom stereocenters. The molecule has 1 saturated carbocycles. The topological polar surface area (TPSA) is 41.5 Å². The van der Waals surface area contributed by atoms with Gasteiger partial charge in [0.05, 0.1) is 12.7 Å². The Morgan fingerprint density at radius 1 is 1.33 bits per heavy atom. The Bertz CT molecular complexity index is 336. The van der Waals surface area contributed by atoms with Gasteiger partial charge in [0, 0.05) is 18.7 Å². The highest BCUT2D eigenvalue weighted by atomic mass is 16.5. The van der Waals surface area contributed by atoms with Gasteiger partial charge < -0.3 is 15.2 Å². The van der Waals surface area contributed by atoms with Crippen LogP contribution in [0.1, 0.15) is 25.3 Å². The molecule has 2 N–H and O–H groups in total. The van der Waals surface area contributed by atoms with Crippen molar-refractivity contribution in [3.05, 3.63) is 35.9 Å². The summed E-state index contributed by atoms with van der Waals surface area (Å²) >= 11 is 0. The Hall–Kier alpha value is -0.900. The largest absolute Gasteiger partial charge is 0.395 e. The van der Waals surface area contributed by atoms with Crippen molar-refractivity contribution < 1.29 is 9.84 Å². The SMILES string of the molecule is CCOC1CC(N[C@@H](CO)Cc2ccccc2)C1. The van der Waals surface area contributed by atoms with E-state index in [-0.39, 0.29) is 12.6 Å². The average Bonchev–Trinajstić information content (AvgIpc) is 2.36. The van der Waals surface area contributed by atoms with Gasteiger partial charge in [-0.3, -0.25) is 0 Å². The summed E-state index contributed by atoms with van der Waals surface area (Å²) < 4.78 is 5.54. The smallest absolute Gasteiger partial charge is 0.0604 e. The van der Waals surface area contributed by atoms with Gasteiger partial charge >= 0.3 is 0 Å². The lowest BCUT2D eigenvalue weighted by molar-refractivity contribution is -0.0140. The van der Waals surface area contributed by atoms with Crippen LogP contribution in [0.3, 0.4) is 0 Å².